The van der Waals surface area contributed by atoms with Crippen LogP contribution in [0.4, 0.5) is 0 Å². The van der Waals surface area contributed by atoms with Gasteiger partial charge in [0, 0.05) is 23.2 Å². The molecule has 1 aromatic rings. The summed E-state index contributed by atoms with van der Waals surface area (Å²) in [7, 11) is 0. The zero-order chi connectivity index (χ0) is 16.5. The molecule has 1 nitrogen and oxygen atoms in total. The van der Waals surface area contributed by atoms with Crippen LogP contribution in [0.3, 0.4) is 0 Å². The highest BCUT2D eigenvalue weighted by atomic mass is 35.5. The molecule has 0 unspecified atom stereocenters. The molecule has 1 aliphatic carbocycles. The maximum absolute atomic E-state index is 6.56. The Morgan fingerprint density at radius 1 is 1.04 bits per heavy atom. The van der Waals surface area contributed by atoms with Crippen LogP contribution in [0.25, 0.3) is 5.57 Å². The molecular formula is C22H24ClN. The molecule has 3 aliphatic rings. The second-order valence-corrected chi connectivity index (χ2v) is 7.43. The van der Waals surface area contributed by atoms with Crippen LogP contribution in [-0.2, 0) is 0 Å². The number of rotatable bonds is 2. The number of halogens is 1. The largest absolute Gasteiger partial charge is 0.321 e. The van der Waals surface area contributed by atoms with Crippen molar-refractivity contribution in [3.8, 4) is 0 Å². The number of nitrogens with zero attached hydrogens (tertiary/aromatic N) is 1. The van der Waals surface area contributed by atoms with Crippen LogP contribution in [0.1, 0.15) is 49.7 Å². The minimum absolute atomic E-state index is 0.708. The number of hydrogen-bond donors (Lipinski definition) is 0. The van der Waals surface area contributed by atoms with E-state index in [9.17, 15) is 0 Å². The first-order chi connectivity index (χ1) is 11.7. The lowest BCUT2D eigenvalue weighted by molar-refractivity contribution is 0.346. The first kappa shape index (κ1) is 15.8. The van der Waals surface area contributed by atoms with E-state index in [-0.39, 0.29) is 0 Å². The zero-order valence-corrected chi connectivity index (χ0v) is 15.0. The highest BCUT2D eigenvalue weighted by molar-refractivity contribution is 6.33. The van der Waals surface area contributed by atoms with Gasteiger partial charge in [0.05, 0.1) is 5.02 Å². The second-order valence-electron chi connectivity index (χ2n) is 7.05. The first-order valence-electron chi connectivity index (χ1n) is 9.09. The minimum atomic E-state index is 0.708. The zero-order valence-electron chi connectivity index (χ0n) is 14.3. The third-order valence-electron chi connectivity index (χ3n) is 5.44. The first-order valence-corrected chi connectivity index (χ1v) is 9.46. The summed E-state index contributed by atoms with van der Waals surface area (Å²) in [5.74, 6) is 0.708. The average Bonchev–Trinajstić information content (AvgIpc) is 2.64. The Balaban J connectivity index is 1.69. The molecule has 0 amide bonds. The number of hydrogen-bond acceptors (Lipinski definition) is 1. The van der Waals surface area contributed by atoms with Crippen molar-refractivity contribution in [2.75, 3.05) is 0 Å². The van der Waals surface area contributed by atoms with Gasteiger partial charge in [0.15, 0.2) is 0 Å². The summed E-state index contributed by atoms with van der Waals surface area (Å²) in [6.07, 6.45) is 19.3. The Morgan fingerprint density at radius 2 is 1.88 bits per heavy atom. The number of allylic oxidation sites excluding steroid dienone is 6. The maximum atomic E-state index is 6.56. The molecule has 0 atom stereocenters. The van der Waals surface area contributed by atoms with Crippen LogP contribution in [-0.4, -0.2) is 4.90 Å². The Labute approximate surface area is 150 Å². The fourth-order valence-corrected chi connectivity index (χ4v) is 4.33. The predicted molar refractivity (Wildman–Crippen MR) is 103 cm³/mol. The van der Waals surface area contributed by atoms with Crippen molar-refractivity contribution in [2.45, 2.75) is 45.4 Å². The summed E-state index contributed by atoms with van der Waals surface area (Å²) >= 11 is 6.56. The summed E-state index contributed by atoms with van der Waals surface area (Å²) in [5.41, 5.74) is 6.26. The number of aryl methyl sites for hydroxylation is 1. The van der Waals surface area contributed by atoms with Crippen molar-refractivity contribution in [2.24, 2.45) is 5.92 Å². The van der Waals surface area contributed by atoms with Crippen molar-refractivity contribution in [3.63, 3.8) is 0 Å². The van der Waals surface area contributed by atoms with Gasteiger partial charge in [-0.15, -0.1) is 0 Å². The molecule has 0 N–H and O–H groups in total. The molecule has 0 aromatic heterocycles. The van der Waals surface area contributed by atoms with Gasteiger partial charge in [0.2, 0.25) is 0 Å². The predicted octanol–water partition coefficient (Wildman–Crippen LogP) is 6.61. The summed E-state index contributed by atoms with van der Waals surface area (Å²) in [5, 5.41) is 0.862. The quantitative estimate of drug-likeness (QED) is 0.586. The van der Waals surface area contributed by atoms with Crippen LogP contribution in [0.5, 0.6) is 0 Å². The molecule has 4 rings (SSSR count). The molecule has 0 bridgehead atoms. The van der Waals surface area contributed by atoms with Gasteiger partial charge in [0.1, 0.15) is 0 Å². The van der Waals surface area contributed by atoms with E-state index in [1.54, 1.807) is 0 Å². The van der Waals surface area contributed by atoms with Gasteiger partial charge in [-0.1, -0.05) is 67.3 Å². The Kier molecular flexibility index (Phi) is 4.37. The van der Waals surface area contributed by atoms with Gasteiger partial charge in [-0.3, -0.25) is 0 Å². The van der Waals surface area contributed by atoms with E-state index in [0.29, 0.717) is 5.92 Å². The van der Waals surface area contributed by atoms with Gasteiger partial charge >= 0.3 is 0 Å². The summed E-state index contributed by atoms with van der Waals surface area (Å²) in [6, 6.07) is 6.28. The Bertz CT molecular complexity index is 760. The molecule has 2 heterocycles. The molecule has 2 heteroatoms. The van der Waals surface area contributed by atoms with Crippen molar-refractivity contribution >= 4 is 17.2 Å². The van der Waals surface area contributed by atoms with E-state index in [0.717, 1.165) is 22.6 Å². The van der Waals surface area contributed by atoms with E-state index in [1.807, 2.05) is 0 Å². The molecule has 1 saturated carbocycles. The standard InChI is InChI=1S/C22H24ClN/c1-16-7-5-11-20(22(16)23)18-13-14-19-10-6-12-21(24(19)15-18)17-8-3-2-4-9-17/h5,7,10-15,17H,2-4,6,8-9H2,1H3. The molecule has 124 valence electrons. The van der Waals surface area contributed by atoms with Crippen molar-refractivity contribution in [1.82, 2.24) is 4.90 Å². The lowest BCUT2D eigenvalue weighted by atomic mass is 9.84. The summed E-state index contributed by atoms with van der Waals surface area (Å²) in [6.45, 7) is 2.07. The highest BCUT2D eigenvalue weighted by Gasteiger charge is 2.26. The molecular weight excluding hydrogens is 314 g/mol. The van der Waals surface area contributed by atoms with Crippen LogP contribution in [0, 0.1) is 12.8 Å². The van der Waals surface area contributed by atoms with Crippen molar-refractivity contribution in [3.05, 3.63) is 76.2 Å². The molecule has 1 fully saturated rings. The van der Waals surface area contributed by atoms with Crippen LogP contribution >= 0.6 is 11.6 Å². The fourth-order valence-electron chi connectivity index (χ4n) is 4.09. The fraction of sp³-hybridized carbons (Fsp3) is 0.364. The lowest BCUT2D eigenvalue weighted by Gasteiger charge is -2.37. The van der Waals surface area contributed by atoms with E-state index in [1.165, 1.54) is 49.1 Å². The maximum Gasteiger partial charge on any atom is 0.0514 e. The van der Waals surface area contributed by atoms with E-state index in [2.05, 4.69) is 60.5 Å². The number of fused-ring (bicyclic) bond motifs is 1. The third-order valence-corrected chi connectivity index (χ3v) is 5.94. The minimum Gasteiger partial charge on any atom is -0.321 e. The Hall–Kier alpha value is -1.73. The van der Waals surface area contributed by atoms with Crippen molar-refractivity contribution < 1.29 is 0 Å². The molecule has 0 radical (unpaired) electrons. The highest BCUT2D eigenvalue weighted by Crippen LogP contribution is 2.39. The lowest BCUT2D eigenvalue weighted by Crippen LogP contribution is -2.26. The molecule has 24 heavy (non-hydrogen) atoms. The van der Waals surface area contributed by atoms with E-state index in [4.69, 9.17) is 11.6 Å². The monoisotopic (exact) mass is 337 g/mol. The third kappa shape index (κ3) is 2.86. The van der Waals surface area contributed by atoms with Gasteiger partial charge in [-0.05, 0) is 49.3 Å². The normalized spacial score (nSPS) is 21.1. The van der Waals surface area contributed by atoms with Crippen molar-refractivity contribution in [1.29, 1.82) is 0 Å². The van der Waals surface area contributed by atoms with Crippen LogP contribution < -0.4 is 0 Å². The summed E-state index contributed by atoms with van der Waals surface area (Å²) < 4.78 is 0. The average molecular weight is 338 g/mol. The van der Waals surface area contributed by atoms with Gasteiger partial charge in [-0.25, -0.2) is 0 Å². The molecule has 0 saturated heterocycles. The van der Waals surface area contributed by atoms with Gasteiger partial charge < -0.3 is 4.90 Å². The SMILES string of the molecule is Cc1cccc(C2=CN3C(=CCC=C3C3CCCCC3)C=C2)c1Cl. The number of benzene rings is 1. The van der Waals surface area contributed by atoms with Crippen LogP contribution in [0.2, 0.25) is 5.02 Å². The Morgan fingerprint density at radius 3 is 2.71 bits per heavy atom. The van der Waals surface area contributed by atoms with E-state index < -0.39 is 0 Å². The van der Waals surface area contributed by atoms with Gasteiger partial charge in [-0.2, -0.15) is 0 Å². The molecule has 2 aliphatic heterocycles. The smallest absolute Gasteiger partial charge is 0.0514 e. The van der Waals surface area contributed by atoms with Gasteiger partial charge in [0.25, 0.3) is 0 Å². The van der Waals surface area contributed by atoms with Crippen LogP contribution in [0.15, 0.2) is 60.1 Å². The van der Waals surface area contributed by atoms with E-state index >= 15 is 0 Å². The summed E-state index contributed by atoms with van der Waals surface area (Å²) in [4.78, 5) is 2.41. The molecule has 1 aromatic carbocycles. The molecule has 0 spiro atoms. The second kappa shape index (κ2) is 6.64. The topological polar surface area (TPSA) is 3.24 Å².